The Morgan fingerprint density at radius 2 is 1.59 bits per heavy atom. The van der Waals surface area contributed by atoms with Gasteiger partial charge in [-0.1, -0.05) is 29.3 Å². The van der Waals surface area contributed by atoms with Crippen molar-refractivity contribution >= 4 is 35.1 Å². The quantitative estimate of drug-likeness (QED) is 0.153. The molecule has 1 N–H and O–H groups in total. The highest BCUT2D eigenvalue weighted by Gasteiger charge is 2.73. The summed E-state index contributed by atoms with van der Waals surface area (Å²) in [6.45, 7) is 5.05. The maximum atomic E-state index is 13.4. The highest BCUT2D eigenvalue weighted by atomic mass is 35.5. The summed E-state index contributed by atoms with van der Waals surface area (Å²) in [6, 6.07) is 3.62. The number of alkyl halides is 7. The Kier molecular flexibility index (Phi) is 8.92. The van der Waals surface area contributed by atoms with Crippen LogP contribution in [-0.2, 0) is 6.61 Å². The first-order chi connectivity index (χ1) is 15.7. The third kappa shape index (κ3) is 6.38. The van der Waals surface area contributed by atoms with Gasteiger partial charge in [-0.25, -0.2) is 5.43 Å². The number of nitrogens with zero attached hydrogens (tertiary/aromatic N) is 2. The second-order valence-electron chi connectivity index (χ2n) is 6.95. The van der Waals surface area contributed by atoms with E-state index in [4.69, 9.17) is 27.9 Å². The summed E-state index contributed by atoms with van der Waals surface area (Å²) in [4.78, 5) is 1.95. The van der Waals surface area contributed by atoms with Crippen LogP contribution >= 0.6 is 23.2 Å². The highest BCUT2D eigenvalue weighted by molar-refractivity contribution is 6.42. The van der Waals surface area contributed by atoms with E-state index < -0.39 is 18.1 Å². The summed E-state index contributed by atoms with van der Waals surface area (Å²) in [5, 5.41) is 3.51. The van der Waals surface area contributed by atoms with Crippen LogP contribution in [-0.4, -0.2) is 37.4 Å². The average molecular weight is 534 g/mol. The van der Waals surface area contributed by atoms with Crippen molar-refractivity contribution in [3.8, 4) is 5.75 Å². The lowest BCUT2D eigenvalue weighted by Gasteiger charge is -2.27. The molecule has 0 aliphatic rings. The van der Waals surface area contributed by atoms with Crippen molar-refractivity contribution in [1.29, 1.82) is 0 Å². The van der Waals surface area contributed by atoms with Crippen LogP contribution in [0.25, 0.3) is 0 Å². The Morgan fingerprint density at radius 3 is 2.15 bits per heavy atom. The molecule has 0 heterocycles. The fraction of sp³-hybridized carbons (Fsp3) is 0.381. The van der Waals surface area contributed by atoms with E-state index in [1.165, 1.54) is 6.07 Å². The maximum Gasteiger partial charge on any atom is 0.462 e. The molecule has 0 amide bonds. The van der Waals surface area contributed by atoms with Gasteiger partial charge in [-0.2, -0.15) is 35.8 Å². The molecule has 4 nitrogen and oxygen atoms in total. The van der Waals surface area contributed by atoms with Gasteiger partial charge in [-0.05, 0) is 43.7 Å². The Balaban J connectivity index is 2.32. The number of benzene rings is 2. The van der Waals surface area contributed by atoms with Crippen LogP contribution in [0.2, 0.25) is 10.0 Å². The van der Waals surface area contributed by atoms with Crippen molar-refractivity contribution in [3.05, 3.63) is 57.6 Å². The monoisotopic (exact) mass is 533 g/mol. The molecule has 0 saturated heterocycles. The lowest BCUT2D eigenvalue weighted by molar-refractivity contribution is -0.361. The molecule has 0 saturated carbocycles. The number of rotatable bonds is 10. The minimum Gasteiger partial charge on any atom is -0.488 e. The van der Waals surface area contributed by atoms with Crippen molar-refractivity contribution in [3.63, 3.8) is 0 Å². The van der Waals surface area contributed by atoms with Gasteiger partial charge in [0.05, 0.1) is 16.3 Å². The van der Waals surface area contributed by atoms with Crippen LogP contribution in [0.3, 0.4) is 0 Å². The fourth-order valence-corrected chi connectivity index (χ4v) is 3.08. The van der Waals surface area contributed by atoms with Crippen LogP contribution in [0.1, 0.15) is 25.0 Å². The number of hydrogen-bond acceptors (Lipinski definition) is 4. The van der Waals surface area contributed by atoms with Gasteiger partial charge < -0.3 is 9.64 Å². The summed E-state index contributed by atoms with van der Waals surface area (Å²) < 4.78 is 95.6. The van der Waals surface area contributed by atoms with Gasteiger partial charge in [-0.3, -0.25) is 0 Å². The normalized spacial score (nSPS) is 12.8. The molecule has 2 aromatic rings. The summed E-state index contributed by atoms with van der Waals surface area (Å²) in [6.07, 6.45) is -5.81. The zero-order valence-electron chi connectivity index (χ0n) is 17.9. The topological polar surface area (TPSA) is 36.9 Å². The van der Waals surface area contributed by atoms with E-state index in [1.54, 1.807) is 30.3 Å². The maximum absolute atomic E-state index is 13.4. The molecule has 0 aromatic heterocycles. The standard InChI is InChI=1S/C21H20Cl2F7N3O/c1-3-33(4-2)15-7-6-14(11-31-32-21(29,30)19(24,25)20(26,27)28)18(10-15)34-12-13-5-8-16(22)17(23)9-13/h5-11,32H,3-4,12H2,1-2H3/b31-11-. The molecule has 2 aromatic carbocycles. The molecule has 0 aliphatic heterocycles. The molecular weight excluding hydrogens is 514 g/mol. The molecule has 0 atom stereocenters. The SMILES string of the molecule is CCN(CC)c1ccc(/C=N\NC(F)(F)C(F)(F)C(F)(F)F)c(OCc2ccc(Cl)c(Cl)c2)c1. The average Bonchev–Trinajstić information content (AvgIpc) is 2.75. The van der Waals surface area contributed by atoms with E-state index in [1.807, 2.05) is 18.7 Å². The van der Waals surface area contributed by atoms with Crippen molar-refractivity contribution in [2.24, 2.45) is 5.10 Å². The largest absolute Gasteiger partial charge is 0.488 e. The molecule has 34 heavy (non-hydrogen) atoms. The Labute approximate surface area is 201 Å². The molecule has 0 spiro atoms. The second-order valence-corrected chi connectivity index (χ2v) is 7.76. The first-order valence-electron chi connectivity index (χ1n) is 9.81. The minimum atomic E-state index is -6.47. The summed E-state index contributed by atoms with van der Waals surface area (Å²) in [5.41, 5.74) is 1.96. The van der Waals surface area contributed by atoms with E-state index in [0.717, 1.165) is 0 Å². The minimum absolute atomic E-state index is 0.0326. The zero-order chi connectivity index (χ0) is 25.7. The Morgan fingerprint density at radius 1 is 0.941 bits per heavy atom. The van der Waals surface area contributed by atoms with Crippen LogP contribution in [0, 0.1) is 0 Å². The number of ether oxygens (including phenoxy) is 1. The number of nitrogens with one attached hydrogen (secondary N) is 1. The van der Waals surface area contributed by atoms with Gasteiger partial charge >= 0.3 is 18.1 Å². The third-order valence-electron chi connectivity index (χ3n) is 4.66. The molecule has 0 bridgehead atoms. The third-order valence-corrected chi connectivity index (χ3v) is 5.40. The number of anilines is 1. The lowest BCUT2D eigenvalue weighted by Crippen LogP contribution is -2.58. The van der Waals surface area contributed by atoms with Gasteiger partial charge in [0, 0.05) is 30.4 Å². The van der Waals surface area contributed by atoms with Gasteiger partial charge in [0.1, 0.15) is 12.4 Å². The van der Waals surface area contributed by atoms with E-state index in [9.17, 15) is 30.7 Å². The van der Waals surface area contributed by atoms with Crippen molar-refractivity contribution in [2.45, 2.75) is 38.6 Å². The molecule has 188 valence electrons. The molecule has 0 radical (unpaired) electrons. The van der Waals surface area contributed by atoms with Crippen LogP contribution in [0.15, 0.2) is 41.5 Å². The number of hydrogen-bond donors (Lipinski definition) is 1. The van der Waals surface area contributed by atoms with E-state index in [0.29, 0.717) is 41.0 Å². The fourth-order valence-electron chi connectivity index (χ4n) is 2.76. The van der Waals surface area contributed by atoms with E-state index in [-0.39, 0.29) is 22.9 Å². The first-order valence-corrected chi connectivity index (χ1v) is 10.6. The molecule has 0 unspecified atom stereocenters. The number of hydrazone groups is 1. The van der Waals surface area contributed by atoms with Gasteiger partial charge in [0.2, 0.25) is 0 Å². The van der Waals surface area contributed by atoms with Crippen molar-refractivity contribution < 1.29 is 35.5 Å². The molecular formula is C21H20Cl2F7N3O. The second kappa shape index (κ2) is 10.9. The summed E-state index contributed by atoms with van der Waals surface area (Å²) >= 11 is 11.9. The van der Waals surface area contributed by atoms with Crippen LogP contribution in [0.4, 0.5) is 36.4 Å². The zero-order valence-corrected chi connectivity index (χ0v) is 19.4. The molecule has 0 fully saturated rings. The molecule has 0 aliphatic carbocycles. The van der Waals surface area contributed by atoms with E-state index in [2.05, 4.69) is 5.10 Å². The Hall–Kier alpha value is -2.40. The molecule has 2 rings (SSSR count). The smallest absolute Gasteiger partial charge is 0.462 e. The van der Waals surface area contributed by atoms with Crippen molar-refractivity contribution in [1.82, 2.24) is 5.43 Å². The van der Waals surface area contributed by atoms with Gasteiger partial charge in [-0.15, -0.1) is 0 Å². The van der Waals surface area contributed by atoms with Crippen LogP contribution < -0.4 is 15.1 Å². The van der Waals surface area contributed by atoms with E-state index >= 15 is 0 Å². The van der Waals surface area contributed by atoms with Gasteiger partial charge in [0.15, 0.2) is 0 Å². The number of halogens is 9. The van der Waals surface area contributed by atoms with Gasteiger partial charge in [0.25, 0.3) is 0 Å². The van der Waals surface area contributed by atoms with Crippen molar-refractivity contribution in [2.75, 3.05) is 18.0 Å². The highest BCUT2D eigenvalue weighted by Crippen LogP contribution is 2.45. The van der Waals surface area contributed by atoms with Crippen LogP contribution in [0.5, 0.6) is 5.75 Å². The predicted molar refractivity (Wildman–Crippen MR) is 117 cm³/mol. The summed E-state index contributed by atoms with van der Waals surface area (Å²) in [7, 11) is 0. The molecule has 13 heteroatoms. The first kappa shape index (κ1) is 27.8. The predicted octanol–water partition coefficient (Wildman–Crippen LogP) is 7.13. The summed E-state index contributed by atoms with van der Waals surface area (Å²) in [5.74, 6) is -6.22. The Bertz CT molecular complexity index is 1010. The lowest BCUT2D eigenvalue weighted by atomic mass is 10.1.